The van der Waals surface area contributed by atoms with Crippen molar-refractivity contribution in [3.8, 4) is 11.1 Å². The molecular formula is C21H19N7OS. The average Bonchev–Trinajstić information content (AvgIpc) is 3.19. The maximum absolute atomic E-state index is 12.0. The SMILES string of the molecule is Cn1cc(-c2cnc3ccc(NC(=S)NNC(=O)Cc4ccccc4)nc3c2)cn1. The Morgan fingerprint density at radius 3 is 2.63 bits per heavy atom. The highest BCUT2D eigenvalue weighted by Crippen LogP contribution is 2.22. The molecule has 0 saturated heterocycles. The molecular weight excluding hydrogens is 398 g/mol. The molecule has 3 N–H and O–H groups in total. The minimum atomic E-state index is -0.192. The van der Waals surface area contributed by atoms with Crippen LogP contribution in [0.3, 0.4) is 0 Å². The summed E-state index contributed by atoms with van der Waals surface area (Å²) in [6.45, 7) is 0. The molecule has 0 radical (unpaired) electrons. The molecule has 3 aromatic heterocycles. The van der Waals surface area contributed by atoms with Crippen LogP contribution >= 0.6 is 12.2 Å². The molecule has 0 aliphatic carbocycles. The van der Waals surface area contributed by atoms with E-state index in [0.29, 0.717) is 5.82 Å². The van der Waals surface area contributed by atoms with Gasteiger partial charge in [-0.1, -0.05) is 30.3 Å². The zero-order valence-corrected chi connectivity index (χ0v) is 17.0. The third kappa shape index (κ3) is 4.76. The summed E-state index contributed by atoms with van der Waals surface area (Å²) in [7, 11) is 1.87. The number of aryl methyl sites for hydroxylation is 1. The van der Waals surface area contributed by atoms with E-state index < -0.39 is 0 Å². The van der Waals surface area contributed by atoms with E-state index in [1.54, 1.807) is 23.1 Å². The number of fused-ring (bicyclic) bond motifs is 1. The minimum absolute atomic E-state index is 0.192. The van der Waals surface area contributed by atoms with Gasteiger partial charge in [0, 0.05) is 30.6 Å². The van der Waals surface area contributed by atoms with Crippen LogP contribution in [0, 0.1) is 0 Å². The van der Waals surface area contributed by atoms with Crippen molar-refractivity contribution in [3.05, 3.63) is 72.7 Å². The van der Waals surface area contributed by atoms with Gasteiger partial charge in [-0.25, -0.2) is 4.98 Å². The quantitative estimate of drug-likeness (QED) is 0.347. The zero-order chi connectivity index (χ0) is 20.9. The van der Waals surface area contributed by atoms with E-state index in [4.69, 9.17) is 12.2 Å². The molecule has 3 heterocycles. The summed E-state index contributed by atoms with van der Waals surface area (Å²) < 4.78 is 1.74. The topological polar surface area (TPSA) is 96.8 Å². The largest absolute Gasteiger partial charge is 0.316 e. The lowest BCUT2D eigenvalue weighted by Crippen LogP contribution is -2.44. The molecule has 4 aromatic rings. The molecule has 8 nitrogen and oxygen atoms in total. The van der Waals surface area contributed by atoms with Crippen molar-refractivity contribution in [3.63, 3.8) is 0 Å². The third-order valence-corrected chi connectivity index (χ3v) is 4.54. The number of nitrogens with zero attached hydrogens (tertiary/aromatic N) is 4. The Balaban J connectivity index is 1.39. The number of anilines is 1. The molecule has 0 bridgehead atoms. The lowest BCUT2D eigenvalue weighted by atomic mass is 10.1. The van der Waals surface area contributed by atoms with Gasteiger partial charge >= 0.3 is 0 Å². The maximum Gasteiger partial charge on any atom is 0.242 e. The summed E-state index contributed by atoms with van der Waals surface area (Å²) in [4.78, 5) is 21.0. The zero-order valence-electron chi connectivity index (χ0n) is 16.2. The van der Waals surface area contributed by atoms with Crippen LogP contribution < -0.4 is 16.2 Å². The Labute approximate surface area is 178 Å². The van der Waals surface area contributed by atoms with E-state index in [0.717, 1.165) is 27.7 Å². The Hall–Kier alpha value is -3.85. The maximum atomic E-state index is 12.0. The van der Waals surface area contributed by atoms with Gasteiger partial charge in [-0.2, -0.15) is 5.10 Å². The summed E-state index contributed by atoms with van der Waals surface area (Å²) in [6, 6.07) is 15.1. The number of hydrogen-bond donors (Lipinski definition) is 3. The van der Waals surface area contributed by atoms with E-state index in [1.165, 1.54) is 0 Å². The van der Waals surface area contributed by atoms with Gasteiger partial charge in [0.1, 0.15) is 5.82 Å². The van der Waals surface area contributed by atoms with Crippen LogP contribution in [0.4, 0.5) is 5.82 Å². The molecule has 0 atom stereocenters. The first-order valence-electron chi connectivity index (χ1n) is 9.22. The van der Waals surface area contributed by atoms with Crippen molar-refractivity contribution in [1.29, 1.82) is 0 Å². The third-order valence-electron chi connectivity index (χ3n) is 4.34. The van der Waals surface area contributed by atoms with E-state index in [1.807, 2.05) is 55.7 Å². The standard InChI is InChI=1S/C21H19N7OS/c1-28-13-16(12-23-28)15-10-18-17(22-11-15)7-8-19(24-18)25-21(30)27-26-20(29)9-14-5-3-2-4-6-14/h2-8,10-13H,9H2,1H3,(H,26,29)(H2,24,25,27,30). The van der Waals surface area contributed by atoms with Gasteiger partial charge in [0.2, 0.25) is 5.91 Å². The predicted molar refractivity (Wildman–Crippen MR) is 119 cm³/mol. The Morgan fingerprint density at radius 1 is 1.03 bits per heavy atom. The number of hydrazine groups is 1. The molecule has 0 fully saturated rings. The lowest BCUT2D eigenvalue weighted by Gasteiger charge is -2.11. The second kappa shape index (κ2) is 8.66. The summed E-state index contributed by atoms with van der Waals surface area (Å²) in [5.74, 6) is 0.351. The van der Waals surface area contributed by atoms with Crippen molar-refractivity contribution in [1.82, 2.24) is 30.6 Å². The molecule has 0 spiro atoms. The molecule has 9 heteroatoms. The van der Waals surface area contributed by atoms with Gasteiger partial charge in [0.25, 0.3) is 0 Å². The summed E-state index contributed by atoms with van der Waals surface area (Å²) in [5, 5.41) is 7.39. The number of thiocarbonyl (C=S) groups is 1. The summed E-state index contributed by atoms with van der Waals surface area (Å²) in [5.41, 5.74) is 9.57. The first-order chi connectivity index (χ1) is 14.6. The minimum Gasteiger partial charge on any atom is -0.316 e. The number of hydrogen-bond acceptors (Lipinski definition) is 5. The number of amides is 1. The molecule has 0 unspecified atom stereocenters. The number of nitrogens with one attached hydrogen (secondary N) is 3. The van der Waals surface area contributed by atoms with Gasteiger partial charge in [-0.15, -0.1) is 0 Å². The Kier molecular flexibility index (Phi) is 5.62. The fourth-order valence-corrected chi connectivity index (χ4v) is 3.06. The molecule has 1 aromatic carbocycles. The van der Waals surface area contributed by atoms with Crippen LogP contribution in [0.15, 0.2) is 67.1 Å². The summed E-state index contributed by atoms with van der Waals surface area (Å²) >= 11 is 5.24. The molecule has 0 aliphatic rings. The molecule has 0 saturated carbocycles. The number of pyridine rings is 2. The monoisotopic (exact) mass is 417 g/mol. The second-order valence-corrected chi connectivity index (χ2v) is 7.06. The highest BCUT2D eigenvalue weighted by molar-refractivity contribution is 7.80. The second-order valence-electron chi connectivity index (χ2n) is 6.65. The van der Waals surface area contributed by atoms with Crippen LogP contribution in [0.2, 0.25) is 0 Å². The molecule has 1 amide bonds. The van der Waals surface area contributed by atoms with Crippen LogP contribution in [0.25, 0.3) is 22.2 Å². The number of rotatable bonds is 4. The number of aromatic nitrogens is 4. The lowest BCUT2D eigenvalue weighted by molar-refractivity contribution is -0.120. The highest BCUT2D eigenvalue weighted by atomic mass is 32.1. The van der Waals surface area contributed by atoms with Gasteiger partial charge in [0.05, 0.1) is 23.7 Å². The van der Waals surface area contributed by atoms with E-state index in [-0.39, 0.29) is 17.4 Å². The van der Waals surface area contributed by atoms with Crippen molar-refractivity contribution in [2.45, 2.75) is 6.42 Å². The molecule has 30 heavy (non-hydrogen) atoms. The van der Waals surface area contributed by atoms with Crippen molar-refractivity contribution >= 4 is 40.1 Å². The molecule has 0 aliphatic heterocycles. The van der Waals surface area contributed by atoms with Gasteiger partial charge in [-0.3, -0.25) is 25.3 Å². The smallest absolute Gasteiger partial charge is 0.242 e. The van der Waals surface area contributed by atoms with Crippen LogP contribution in [0.5, 0.6) is 0 Å². The van der Waals surface area contributed by atoms with E-state index in [9.17, 15) is 4.79 Å². The van der Waals surface area contributed by atoms with Crippen molar-refractivity contribution < 1.29 is 4.79 Å². The average molecular weight is 417 g/mol. The fourth-order valence-electron chi connectivity index (χ4n) is 2.90. The predicted octanol–water partition coefficient (Wildman–Crippen LogP) is 2.59. The molecule has 4 rings (SSSR count). The van der Waals surface area contributed by atoms with Gasteiger partial charge in [0.15, 0.2) is 5.11 Å². The van der Waals surface area contributed by atoms with Crippen LogP contribution in [-0.4, -0.2) is 30.8 Å². The first-order valence-corrected chi connectivity index (χ1v) is 9.63. The highest BCUT2D eigenvalue weighted by Gasteiger charge is 2.07. The normalized spacial score (nSPS) is 10.6. The van der Waals surface area contributed by atoms with Crippen molar-refractivity contribution in [2.75, 3.05) is 5.32 Å². The Morgan fingerprint density at radius 2 is 1.87 bits per heavy atom. The van der Waals surface area contributed by atoms with Gasteiger partial charge < -0.3 is 5.32 Å². The number of carbonyl (C=O) groups excluding carboxylic acids is 1. The Bertz CT molecular complexity index is 1210. The van der Waals surface area contributed by atoms with Crippen LogP contribution in [-0.2, 0) is 18.3 Å². The molecule has 150 valence electrons. The first kappa shape index (κ1) is 19.5. The van der Waals surface area contributed by atoms with Crippen LogP contribution in [0.1, 0.15) is 5.56 Å². The number of carbonyl (C=O) groups is 1. The van der Waals surface area contributed by atoms with Crippen molar-refractivity contribution in [2.24, 2.45) is 7.05 Å². The van der Waals surface area contributed by atoms with Gasteiger partial charge in [-0.05, 0) is 36.0 Å². The van der Waals surface area contributed by atoms with E-state index >= 15 is 0 Å². The van der Waals surface area contributed by atoms with E-state index in [2.05, 4.69) is 31.2 Å². The summed E-state index contributed by atoms with van der Waals surface area (Å²) in [6.07, 6.45) is 5.75. The number of benzene rings is 1. The fraction of sp³-hybridized carbons (Fsp3) is 0.0952.